The molecule has 10 nitrogen and oxygen atoms in total. The van der Waals surface area contributed by atoms with E-state index in [1.807, 2.05) is 24.5 Å². The van der Waals surface area contributed by atoms with Gasteiger partial charge in [-0.25, -0.2) is 8.91 Å². The summed E-state index contributed by atoms with van der Waals surface area (Å²) in [7, 11) is 0. The lowest BCUT2D eigenvalue weighted by molar-refractivity contribution is -0.114. The number of H-pyrrole nitrogens is 1. The molecule has 172 valence electrons. The monoisotopic (exact) mass is 460 g/mol. The van der Waals surface area contributed by atoms with Crippen LogP contribution in [-0.2, 0) is 4.79 Å². The Hall–Kier alpha value is -4.54. The quantitative estimate of drug-likeness (QED) is 0.381. The number of nitrogens with one attached hydrogen (secondary N) is 3. The molecule has 1 fully saturated rings. The molecule has 0 unspecified atom stereocenters. The average Bonchev–Trinajstić information content (AvgIpc) is 3.59. The molecule has 0 aliphatic carbocycles. The van der Waals surface area contributed by atoms with E-state index < -0.39 is 11.7 Å². The van der Waals surface area contributed by atoms with Gasteiger partial charge in [0.05, 0.1) is 6.20 Å². The molecule has 1 atom stereocenters. The summed E-state index contributed by atoms with van der Waals surface area (Å²) >= 11 is 0. The summed E-state index contributed by atoms with van der Waals surface area (Å²) in [5, 5.41) is 16.9. The number of carbonyl (C=O) groups excluding carboxylic acids is 2. The van der Waals surface area contributed by atoms with Gasteiger partial charge < -0.3 is 15.5 Å². The van der Waals surface area contributed by atoms with Crippen LogP contribution in [0.4, 0.5) is 16.0 Å². The van der Waals surface area contributed by atoms with Crippen LogP contribution in [0.2, 0.25) is 0 Å². The van der Waals surface area contributed by atoms with Crippen molar-refractivity contribution in [1.29, 1.82) is 0 Å². The van der Waals surface area contributed by atoms with Crippen molar-refractivity contribution in [3.8, 4) is 11.1 Å². The summed E-state index contributed by atoms with van der Waals surface area (Å²) in [4.78, 5) is 30.6. The lowest BCUT2D eigenvalue weighted by atomic mass is 10.1. The van der Waals surface area contributed by atoms with Gasteiger partial charge in [0.25, 0.3) is 11.8 Å². The lowest BCUT2D eigenvalue weighted by Crippen LogP contribution is -2.31. The topological polar surface area (TPSA) is 120 Å². The van der Waals surface area contributed by atoms with Crippen LogP contribution in [0.3, 0.4) is 0 Å². The van der Waals surface area contributed by atoms with Crippen LogP contribution >= 0.6 is 0 Å². The summed E-state index contributed by atoms with van der Waals surface area (Å²) in [5.74, 6) is -1.61. The molecule has 1 aromatic carbocycles. The van der Waals surface area contributed by atoms with Gasteiger partial charge in [-0.15, -0.1) is 5.10 Å². The molecule has 5 rings (SSSR count). The maximum atomic E-state index is 12.9. The van der Waals surface area contributed by atoms with E-state index in [2.05, 4.69) is 37.5 Å². The van der Waals surface area contributed by atoms with Crippen molar-refractivity contribution in [2.24, 2.45) is 0 Å². The summed E-state index contributed by atoms with van der Waals surface area (Å²) in [6.07, 6.45) is 6.16. The minimum atomic E-state index is -1.07. The second kappa shape index (κ2) is 8.77. The molecule has 3 aromatic heterocycles. The van der Waals surface area contributed by atoms with Gasteiger partial charge in [0, 0.05) is 48.3 Å². The summed E-state index contributed by atoms with van der Waals surface area (Å²) < 4.78 is 14.5. The van der Waals surface area contributed by atoms with Crippen molar-refractivity contribution in [2.45, 2.75) is 12.5 Å². The molecule has 0 radical (unpaired) electrons. The van der Waals surface area contributed by atoms with Crippen molar-refractivity contribution in [3.05, 3.63) is 73.0 Å². The molecule has 11 heteroatoms. The third-order valence-electron chi connectivity index (χ3n) is 5.61. The Labute approximate surface area is 193 Å². The van der Waals surface area contributed by atoms with Gasteiger partial charge in [-0.05, 0) is 48.4 Å². The molecule has 0 spiro atoms. The number of hydrogen-bond donors (Lipinski definition) is 3. The first-order chi connectivity index (χ1) is 16.5. The van der Waals surface area contributed by atoms with E-state index in [0.29, 0.717) is 35.9 Å². The second-order valence-corrected chi connectivity index (χ2v) is 7.96. The Morgan fingerprint density at radius 1 is 1.18 bits per heavy atom. The Kier molecular flexibility index (Phi) is 5.50. The molecule has 2 amide bonds. The number of hydrogen-bond acceptors (Lipinski definition) is 6. The molecular formula is C23H21FN8O2. The zero-order chi connectivity index (χ0) is 23.7. The molecule has 1 saturated heterocycles. The van der Waals surface area contributed by atoms with Crippen LogP contribution in [0.1, 0.15) is 16.8 Å². The van der Waals surface area contributed by atoms with Gasteiger partial charge in [-0.2, -0.15) is 10.1 Å². The van der Waals surface area contributed by atoms with Crippen molar-refractivity contribution in [3.63, 3.8) is 0 Å². The highest BCUT2D eigenvalue weighted by Gasteiger charge is 2.27. The lowest BCUT2D eigenvalue weighted by Gasteiger charge is -2.17. The van der Waals surface area contributed by atoms with E-state index >= 15 is 0 Å². The van der Waals surface area contributed by atoms with E-state index in [9.17, 15) is 14.0 Å². The fraction of sp³-hybridized carbons (Fsp3) is 0.174. The number of pyridine rings is 1. The number of aromatic amines is 1. The molecule has 0 saturated carbocycles. The predicted molar refractivity (Wildman–Crippen MR) is 124 cm³/mol. The number of likely N-dealkylation sites (tertiary alicyclic amines) is 1. The minimum Gasteiger partial charge on any atom is -0.348 e. The van der Waals surface area contributed by atoms with Crippen LogP contribution in [0.5, 0.6) is 0 Å². The van der Waals surface area contributed by atoms with Gasteiger partial charge in [0.1, 0.15) is 0 Å². The second-order valence-electron chi connectivity index (χ2n) is 7.96. The number of halogens is 1. The zero-order valence-electron chi connectivity index (χ0n) is 18.0. The number of nitrogens with zero attached hydrogens (tertiary/aromatic N) is 5. The first kappa shape index (κ1) is 21.3. The third-order valence-corrected chi connectivity index (χ3v) is 5.61. The van der Waals surface area contributed by atoms with Gasteiger partial charge in [0.15, 0.2) is 11.5 Å². The highest BCUT2D eigenvalue weighted by molar-refractivity contribution is 6.02. The fourth-order valence-electron chi connectivity index (χ4n) is 3.85. The van der Waals surface area contributed by atoms with E-state index in [-0.39, 0.29) is 11.9 Å². The number of anilines is 2. The maximum absolute atomic E-state index is 12.9. The van der Waals surface area contributed by atoms with E-state index in [1.165, 1.54) is 0 Å². The SMILES string of the molecule is C=C(F)C(=O)Nc1ccc(C(=O)N2CC[C@@H](Nc3nc4cc(-c5cn[nH]c5)ccn4n3)C2)cc1. The summed E-state index contributed by atoms with van der Waals surface area (Å²) in [6.45, 7) is 4.05. The van der Waals surface area contributed by atoms with E-state index in [4.69, 9.17) is 0 Å². The number of aromatic nitrogens is 5. The molecule has 4 heterocycles. The van der Waals surface area contributed by atoms with Crippen LogP contribution < -0.4 is 10.6 Å². The van der Waals surface area contributed by atoms with Gasteiger partial charge in [-0.3, -0.25) is 14.7 Å². The smallest absolute Gasteiger partial charge is 0.283 e. The Balaban J connectivity index is 1.21. The molecule has 3 N–H and O–H groups in total. The molecule has 1 aliphatic heterocycles. The van der Waals surface area contributed by atoms with Crippen LogP contribution in [0, 0.1) is 0 Å². The Morgan fingerprint density at radius 3 is 2.74 bits per heavy atom. The number of amides is 2. The van der Waals surface area contributed by atoms with Gasteiger partial charge in [-0.1, -0.05) is 6.58 Å². The van der Waals surface area contributed by atoms with Crippen molar-refractivity contribution in [1.82, 2.24) is 29.7 Å². The molecular weight excluding hydrogens is 439 g/mol. The van der Waals surface area contributed by atoms with Crippen LogP contribution in [0.25, 0.3) is 16.8 Å². The number of fused-ring (bicyclic) bond motifs is 1. The molecule has 0 bridgehead atoms. The normalized spacial score (nSPS) is 15.4. The summed E-state index contributed by atoms with van der Waals surface area (Å²) in [5.41, 5.74) is 3.52. The van der Waals surface area contributed by atoms with E-state index in [0.717, 1.165) is 17.5 Å². The van der Waals surface area contributed by atoms with Crippen molar-refractivity contribution in [2.75, 3.05) is 23.7 Å². The van der Waals surface area contributed by atoms with Crippen LogP contribution in [0.15, 0.2) is 67.4 Å². The standard InChI is InChI=1S/C23H21FN8O2/c1-14(24)21(33)27-18-4-2-15(3-5-18)22(34)31-8-7-19(13-31)28-23-29-20-10-16(6-9-32(20)30-23)17-11-25-26-12-17/h2-6,9-12,19H,1,7-8,13H2,(H,25,26)(H,27,33)(H,28,30)/t19-/m1/s1. The molecule has 34 heavy (non-hydrogen) atoms. The molecule has 1 aliphatic rings. The fourth-order valence-corrected chi connectivity index (χ4v) is 3.85. The highest BCUT2D eigenvalue weighted by atomic mass is 19.1. The number of benzene rings is 1. The zero-order valence-corrected chi connectivity index (χ0v) is 18.0. The highest BCUT2D eigenvalue weighted by Crippen LogP contribution is 2.21. The maximum Gasteiger partial charge on any atom is 0.283 e. The Bertz CT molecular complexity index is 1360. The predicted octanol–water partition coefficient (Wildman–Crippen LogP) is 2.87. The van der Waals surface area contributed by atoms with Crippen LogP contribution in [-0.4, -0.2) is 60.6 Å². The first-order valence-electron chi connectivity index (χ1n) is 10.6. The average molecular weight is 460 g/mol. The van der Waals surface area contributed by atoms with Gasteiger partial charge in [0.2, 0.25) is 5.95 Å². The summed E-state index contributed by atoms with van der Waals surface area (Å²) in [6, 6.07) is 10.2. The third kappa shape index (κ3) is 4.35. The minimum absolute atomic E-state index is 0.0174. The largest absolute Gasteiger partial charge is 0.348 e. The van der Waals surface area contributed by atoms with E-state index in [1.54, 1.807) is 39.9 Å². The Morgan fingerprint density at radius 2 is 2.00 bits per heavy atom. The number of carbonyl (C=O) groups is 2. The first-order valence-corrected chi connectivity index (χ1v) is 10.6. The van der Waals surface area contributed by atoms with Crippen molar-refractivity contribution < 1.29 is 14.0 Å². The van der Waals surface area contributed by atoms with Crippen molar-refractivity contribution >= 4 is 29.1 Å². The number of rotatable bonds is 6. The van der Waals surface area contributed by atoms with Gasteiger partial charge >= 0.3 is 0 Å². The molecule has 4 aromatic rings.